The first kappa shape index (κ1) is 21.2. The molecule has 0 aromatic heterocycles. The Kier molecular flexibility index (Phi) is 6.33. The second-order valence-electron chi connectivity index (χ2n) is 8.61. The third-order valence-electron chi connectivity index (χ3n) is 6.54. The molecule has 5 unspecified atom stereocenters. The molecule has 0 bridgehead atoms. The summed E-state index contributed by atoms with van der Waals surface area (Å²) in [6.45, 7) is 0. The molecule has 2 aliphatic carbocycles. The summed E-state index contributed by atoms with van der Waals surface area (Å²) in [6, 6.07) is -2.01. The minimum absolute atomic E-state index is 0.166. The van der Waals surface area contributed by atoms with Gasteiger partial charge in [-0.15, -0.1) is 0 Å². The highest BCUT2D eigenvalue weighted by Crippen LogP contribution is 2.47. The molecule has 0 spiro atoms. The summed E-state index contributed by atoms with van der Waals surface area (Å²) in [5, 5.41) is 5.89. The van der Waals surface area contributed by atoms with E-state index in [1.807, 2.05) is 0 Å². The van der Waals surface area contributed by atoms with Crippen molar-refractivity contribution in [2.75, 3.05) is 0 Å². The van der Waals surface area contributed by atoms with Gasteiger partial charge in [0, 0.05) is 18.1 Å². The molecule has 1 aliphatic heterocycles. The molecule has 1 heterocycles. The number of halogens is 6. The lowest BCUT2D eigenvalue weighted by molar-refractivity contribution is -0.228. The van der Waals surface area contributed by atoms with E-state index in [0.717, 1.165) is 19.3 Å². The van der Waals surface area contributed by atoms with Gasteiger partial charge in [-0.3, -0.25) is 10.6 Å². The first-order chi connectivity index (χ1) is 12.5. The number of alkyl halides is 6. The zero-order valence-electron chi connectivity index (χ0n) is 15.3. The SMILES string of the molecule is N[C@@H](CC1CCCCC1)CC1NC2CC(C(F)(F)F)CC(C(F)(F)F)C2N1. The van der Waals surface area contributed by atoms with Crippen LogP contribution in [0.15, 0.2) is 0 Å². The minimum atomic E-state index is -4.65. The Balaban J connectivity index is 1.60. The van der Waals surface area contributed by atoms with E-state index in [0.29, 0.717) is 12.3 Å². The molecule has 158 valence electrons. The molecule has 1 saturated heterocycles. The lowest BCUT2D eigenvalue weighted by Crippen LogP contribution is -2.53. The van der Waals surface area contributed by atoms with E-state index in [-0.39, 0.29) is 12.5 Å². The van der Waals surface area contributed by atoms with Gasteiger partial charge in [0.25, 0.3) is 0 Å². The molecule has 27 heavy (non-hydrogen) atoms. The fourth-order valence-electron chi connectivity index (χ4n) is 5.22. The first-order valence-corrected chi connectivity index (χ1v) is 9.95. The van der Waals surface area contributed by atoms with Crippen molar-refractivity contribution in [3.8, 4) is 0 Å². The quantitative estimate of drug-likeness (QED) is 0.622. The Bertz CT molecular complexity index is 488. The molecule has 0 amide bonds. The van der Waals surface area contributed by atoms with Gasteiger partial charge < -0.3 is 5.73 Å². The molecule has 6 atom stereocenters. The third kappa shape index (κ3) is 5.29. The Morgan fingerprint density at radius 1 is 0.852 bits per heavy atom. The topological polar surface area (TPSA) is 50.1 Å². The van der Waals surface area contributed by atoms with Crippen LogP contribution in [0.1, 0.15) is 57.8 Å². The zero-order valence-corrected chi connectivity index (χ0v) is 15.3. The van der Waals surface area contributed by atoms with Gasteiger partial charge in [-0.2, -0.15) is 26.3 Å². The number of nitrogens with one attached hydrogen (secondary N) is 2. The first-order valence-electron chi connectivity index (χ1n) is 9.95. The fraction of sp³-hybridized carbons (Fsp3) is 1.00. The number of fused-ring (bicyclic) bond motifs is 1. The Morgan fingerprint density at radius 3 is 2.11 bits per heavy atom. The second-order valence-corrected chi connectivity index (χ2v) is 8.61. The van der Waals surface area contributed by atoms with Gasteiger partial charge in [-0.1, -0.05) is 32.1 Å². The summed E-state index contributed by atoms with van der Waals surface area (Å²) in [4.78, 5) is 0. The minimum Gasteiger partial charge on any atom is -0.328 e. The maximum atomic E-state index is 13.4. The lowest BCUT2D eigenvalue weighted by atomic mass is 9.75. The predicted octanol–water partition coefficient (Wildman–Crippen LogP) is 4.08. The van der Waals surface area contributed by atoms with Crippen molar-refractivity contribution in [3.05, 3.63) is 0 Å². The summed E-state index contributed by atoms with van der Waals surface area (Å²) in [5.74, 6) is -3.36. The van der Waals surface area contributed by atoms with Crippen LogP contribution < -0.4 is 16.4 Å². The number of rotatable bonds is 4. The van der Waals surface area contributed by atoms with Crippen LogP contribution in [0.25, 0.3) is 0 Å². The third-order valence-corrected chi connectivity index (χ3v) is 6.54. The molecule has 3 fully saturated rings. The Hall–Kier alpha value is -0.540. The highest BCUT2D eigenvalue weighted by Gasteiger charge is 2.58. The molecule has 3 aliphatic rings. The van der Waals surface area contributed by atoms with E-state index in [1.165, 1.54) is 19.3 Å². The maximum absolute atomic E-state index is 13.4. The number of nitrogens with two attached hydrogens (primary N) is 1. The van der Waals surface area contributed by atoms with Crippen molar-refractivity contribution in [1.82, 2.24) is 10.6 Å². The molecular weight excluding hydrogens is 372 g/mol. The van der Waals surface area contributed by atoms with Gasteiger partial charge in [0.05, 0.1) is 18.0 Å². The molecule has 0 radical (unpaired) electrons. The highest BCUT2D eigenvalue weighted by atomic mass is 19.4. The summed E-state index contributed by atoms with van der Waals surface area (Å²) >= 11 is 0. The van der Waals surface area contributed by atoms with Gasteiger partial charge in [0.1, 0.15) is 0 Å². The van der Waals surface area contributed by atoms with Crippen LogP contribution >= 0.6 is 0 Å². The monoisotopic (exact) mass is 401 g/mol. The molecular formula is C18H29F6N3. The van der Waals surface area contributed by atoms with Gasteiger partial charge in [0.2, 0.25) is 0 Å². The Labute approximate surface area is 155 Å². The summed E-state index contributed by atoms with van der Waals surface area (Å²) in [6.07, 6.45) is -3.80. The van der Waals surface area contributed by atoms with Gasteiger partial charge in [0.15, 0.2) is 0 Å². The summed E-state index contributed by atoms with van der Waals surface area (Å²) in [7, 11) is 0. The van der Waals surface area contributed by atoms with Crippen LogP contribution in [0.3, 0.4) is 0 Å². The Morgan fingerprint density at radius 2 is 1.52 bits per heavy atom. The average molecular weight is 401 g/mol. The van der Waals surface area contributed by atoms with E-state index < -0.39 is 48.9 Å². The summed E-state index contributed by atoms with van der Waals surface area (Å²) in [5.41, 5.74) is 6.21. The van der Waals surface area contributed by atoms with E-state index in [2.05, 4.69) is 10.6 Å². The van der Waals surface area contributed by atoms with Crippen molar-refractivity contribution in [1.29, 1.82) is 0 Å². The molecule has 0 aromatic carbocycles. The largest absolute Gasteiger partial charge is 0.393 e. The zero-order chi connectivity index (χ0) is 19.8. The van der Waals surface area contributed by atoms with Crippen molar-refractivity contribution in [3.63, 3.8) is 0 Å². The normalized spacial score (nSPS) is 37.2. The van der Waals surface area contributed by atoms with E-state index in [9.17, 15) is 26.3 Å². The molecule has 0 aromatic rings. The van der Waals surface area contributed by atoms with Crippen molar-refractivity contribution in [2.45, 2.75) is 94.4 Å². The summed E-state index contributed by atoms with van der Waals surface area (Å²) < 4.78 is 79.4. The van der Waals surface area contributed by atoms with Crippen LogP contribution in [0.5, 0.6) is 0 Å². The van der Waals surface area contributed by atoms with Gasteiger partial charge >= 0.3 is 12.4 Å². The molecule has 3 nitrogen and oxygen atoms in total. The predicted molar refractivity (Wildman–Crippen MR) is 89.7 cm³/mol. The smallest absolute Gasteiger partial charge is 0.328 e. The highest BCUT2D eigenvalue weighted by molar-refractivity contribution is 5.05. The van der Waals surface area contributed by atoms with E-state index >= 15 is 0 Å². The van der Waals surface area contributed by atoms with Crippen LogP contribution in [-0.2, 0) is 0 Å². The van der Waals surface area contributed by atoms with Crippen LogP contribution in [0.2, 0.25) is 0 Å². The van der Waals surface area contributed by atoms with Gasteiger partial charge in [-0.05, 0) is 31.6 Å². The van der Waals surface area contributed by atoms with Crippen LogP contribution in [0, 0.1) is 17.8 Å². The molecule has 4 N–H and O–H groups in total. The fourth-order valence-corrected chi connectivity index (χ4v) is 5.22. The second kappa shape index (κ2) is 8.06. The number of hydrogen-bond acceptors (Lipinski definition) is 3. The van der Waals surface area contributed by atoms with Crippen molar-refractivity contribution < 1.29 is 26.3 Å². The van der Waals surface area contributed by atoms with Crippen molar-refractivity contribution in [2.24, 2.45) is 23.5 Å². The molecule has 9 heteroatoms. The van der Waals surface area contributed by atoms with Crippen LogP contribution in [-0.4, -0.2) is 36.6 Å². The van der Waals surface area contributed by atoms with Crippen LogP contribution in [0.4, 0.5) is 26.3 Å². The maximum Gasteiger partial charge on any atom is 0.393 e. The molecule has 2 saturated carbocycles. The standard InChI is InChI=1S/C18H29F6N3/c19-17(20,21)11-7-13(18(22,23)24)16-14(8-11)26-15(27-16)9-12(25)6-10-4-2-1-3-5-10/h10-16,26-27H,1-9,25H2/t11?,12-,13?,14?,15?,16?/m0/s1. The lowest BCUT2D eigenvalue weighted by Gasteiger charge is -2.39. The number of hydrogen-bond donors (Lipinski definition) is 3. The average Bonchev–Trinajstić information content (AvgIpc) is 2.94. The van der Waals surface area contributed by atoms with E-state index in [4.69, 9.17) is 5.73 Å². The van der Waals surface area contributed by atoms with Gasteiger partial charge in [-0.25, -0.2) is 0 Å². The molecule has 3 rings (SSSR count). The van der Waals surface area contributed by atoms with E-state index in [1.54, 1.807) is 0 Å². The van der Waals surface area contributed by atoms with Crippen molar-refractivity contribution >= 4 is 0 Å².